The molecule has 3 aromatic rings. The van der Waals surface area contributed by atoms with Gasteiger partial charge in [0.25, 0.3) is 10.1 Å². The van der Waals surface area contributed by atoms with Gasteiger partial charge >= 0.3 is 29.6 Å². The third-order valence-corrected chi connectivity index (χ3v) is 7.72. The third-order valence-electron chi connectivity index (χ3n) is 3.67. The van der Waals surface area contributed by atoms with Crippen molar-refractivity contribution < 1.29 is 17.7 Å². The summed E-state index contributed by atoms with van der Waals surface area (Å²) in [5, 5.41) is 0. The summed E-state index contributed by atoms with van der Waals surface area (Å²) in [5.74, 6) is 0.553. The summed E-state index contributed by atoms with van der Waals surface area (Å²) < 4.78 is 38.3. The maximum atomic E-state index is 11.4. The summed E-state index contributed by atoms with van der Waals surface area (Å²) in [5.41, 5.74) is 2.69. The molecule has 3 rings (SSSR count). The van der Waals surface area contributed by atoms with Crippen LogP contribution in [0, 0.1) is 3.82 Å². The van der Waals surface area contributed by atoms with E-state index in [1.54, 1.807) is 16.4 Å². The second kappa shape index (κ2) is 9.07. The van der Waals surface area contributed by atoms with Gasteiger partial charge in [-0.25, -0.2) is 0 Å². The van der Waals surface area contributed by atoms with E-state index >= 15 is 0 Å². The Hall–Kier alpha value is -0.580. The van der Waals surface area contributed by atoms with Gasteiger partial charge in [0.05, 0.1) is 16.9 Å². The second-order valence-corrected chi connectivity index (χ2v) is 9.49. The van der Waals surface area contributed by atoms with Crippen LogP contribution < -0.4 is 4.74 Å². The fourth-order valence-electron chi connectivity index (χ4n) is 2.48. The minimum atomic E-state index is -4.28. The normalized spacial score (nSPS) is 11.0. The number of ether oxygens (including phenoxy) is 1. The number of hydrogen-bond donors (Lipinski definition) is 1. The van der Waals surface area contributed by atoms with Crippen LogP contribution in [0.25, 0.3) is 10.4 Å². The van der Waals surface area contributed by atoms with Gasteiger partial charge in [0.1, 0.15) is 9.57 Å². The van der Waals surface area contributed by atoms with Crippen LogP contribution in [-0.2, 0) is 16.5 Å². The van der Waals surface area contributed by atoms with Crippen molar-refractivity contribution in [3.63, 3.8) is 0 Å². The summed E-state index contributed by atoms with van der Waals surface area (Å²) >= 11 is 5.48. The van der Waals surface area contributed by atoms with Crippen LogP contribution >= 0.6 is 32.9 Å². The standard InChI is InChI=1S/C17H14O4S4.Na.H/c1-21-15-8-7-13(25(18,19)20)9-12(15)10-14-16(23-24-17(14)22)11-5-3-2-4-6-11;;/h2-9H,10H2,1H3,(H,18,19,20);;. The van der Waals surface area contributed by atoms with Gasteiger partial charge in [-0.05, 0) is 29.3 Å². The molecule has 0 atom stereocenters. The van der Waals surface area contributed by atoms with E-state index in [4.69, 9.17) is 17.0 Å². The SMILES string of the molecule is COc1ccc(S(=O)(=O)O)cc1Cc1c(-c2ccccc2)ssc1=S.[NaH]. The summed E-state index contributed by atoms with van der Waals surface area (Å²) in [6.45, 7) is 0. The molecule has 0 bridgehead atoms. The van der Waals surface area contributed by atoms with Crippen LogP contribution in [0.15, 0.2) is 53.4 Å². The average molecular weight is 435 g/mol. The van der Waals surface area contributed by atoms with Crippen molar-refractivity contribution in [2.24, 2.45) is 0 Å². The van der Waals surface area contributed by atoms with Crippen molar-refractivity contribution in [2.45, 2.75) is 11.3 Å². The Morgan fingerprint density at radius 3 is 2.42 bits per heavy atom. The molecule has 0 aliphatic heterocycles. The second-order valence-electron chi connectivity index (χ2n) is 5.25. The van der Waals surface area contributed by atoms with E-state index in [1.165, 1.54) is 29.6 Å². The Morgan fingerprint density at radius 2 is 1.81 bits per heavy atom. The maximum absolute atomic E-state index is 11.4. The zero-order valence-electron chi connectivity index (χ0n) is 13.1. The predicted octanol–water partition coefficient (Wildman–Crippen LogP) is 4.40. The van der Waals surface area contributed by atoms with Crippen molar-refractivity contribution in [3.05, 3.63) is 63.5 Å². The first-order valence-corrected chi connectivity index (χ1v) is 11.2. The molecule has 132 valence electrons. The zero-order valence-corrected chi connectivity index (χ0v) is 16.4. The van der Waals surface area contributed by atoms with E-state index < -0.39 is 10.1 Å². The number of methoxy groups -OCH3 is 1. The van der Waals surface area contributed by atoms with Gasteiger partial charge in [0, 0.05) is 12.0 Å². The van der Waals surface area contributed by atoms with Crippen molar-refractivity contribution in [1.82, 2.24) is 0 Å². The molecule has 1 heterocycles. The molecule has 0 saturated carbocycles. The quantitative estimate of drug-likeness (QED) is 0.279. The van der Waals surface area contributed by atoms with E-state index in [2.05, 4.69) is 0 Å². The Bertz CT molecular complexity index is 1060. The van der Waals surface area contributed by atoms with Crippen LogP contribution in [-0.4, -0.2) is 49.6 Å². The molecule has 4 nitrogen and oxygen atoms in total. The molecule has 0 aliphatic rings. The first kappa shape index (κ1) is 21.7. The molecule has 0 amide bonds. The summed E-state index contributed by atoms with van der Waals surface area (Å²) in [6.07, 6.45) is 0.426. The van der Waals surface area contributed by atoms with Gasteiger partial charge in [0.2, 0.25) is 0 Å². The predicted molar refractivity (Wildman–Crippen MR) is 111 cm³/mol. The van der Waals surface area contributed by atoms with E-state index in [-0.39, 0.29) is 34.5 Å². The zero-order chi connectivity index (χ0) is 18.0. The Kier molecular flexibility index (Phi) is 7.58. The molecule has 9 heteroatoms. The molecule has 0 saturated heterocycles. The molecule has 0 fully saturated rings. The number of hydrogen-bond acceptors (Lipinski definition) is 6. The summed E-state index contributed by atoms with van der Waals surface area (Å²) in [4.78, 5) is 0.907. The van der Waals surface area contributed by atoms with Crippen LogP contribution in [0.5, 0.6) is 5.75 Å². The van der Waals surface area contributed by atoms with Gasteiger partial charge in [0.15, 0.2) is 0 Å². The van der Waals surface area contributed by atoms with Crippen LogP contribution in [0.2, 0.25) is 0 Å². The molecule has 0 unspecified atom stereocenters. The van der Waals surface area contributed by atoms with Gasteiger partial charge < -0.3 is 4.74 Å². The van der Waals surface area contributed by atoms with Crippen LogP contribution in [0.3, 0.4) is 0 Å². The van der Waals surface area contributed by atoms with Gasteiger partial charge in [-0.15, -0.1) is 0 Å². The molecular weight excluding hydrogens is 419 g/mol. The summed E-state index contributed by atoms with van der Waals surface area (Å²) in [7, 11) is 0.362. The van der Waals surface area contributed by atoms with Crippen LogP contribution in [0.1, 0.15) is 11.1 Å². The van der Waals surface area contributed by atoms with E-state index in [1.807, 2.05) is 30.3 Å². The number of rotatable bonds is 5. The van der Waals surface area contributed by atoms with Crippen molar-refractivity contribution in [3.8, 4) is 16.2 Å². The Labute approximate surface area is 186 Å². The van der Waals surface area contributed by atoms with Gasteiger partial charge in [-0.2, -0.15) is 8.42 Å². The Morgan fingerprint density at radius 1 is 1.12 bits per heavy atom. The van der Waals surface area contributed by atoms with Crippen molar-refractivity contribution in [1.29, 1.82) is 0 Å². The minimum absolute atomic E-state index is 0. The van der Waals surface area contributed by atoms with Gasteiger partial charge in [-0.3, -0.25) is 4.55 Å². The first-order valence-electron chi connectivity index (χ1n) is 7.22. The molecular formula is C17H15NaO4S4. The third kappa shape index (κ3) is 4.82. The number of benzene rings is 2. The molecule has 1 N–H and O–H groups in total. The molecule has 2 aromatic carbocycles. The fraction of sp³-hybridized carbons (Fsp3) is 0.118. The first-order chi connectivity index (χ1) is 11.9. The van der Waals surface area contributed by atoms with Crippen LogP contribution in [0.4, 0.5) is 0 Å². The van der Waals surface area contributed by atoms with Gasteiger partial charge in [-0.1, -0.05) is 63.2 Å². The molecule has 0 radical (unpaired) electrons. The van der Waals surface area contributed by atoms with Crippen molar-refractivity contribution >= 4 is 72.6 Å². The van der Waals surface area contributed by atoms with Crippen molar-refractivity contribution in [2.75, 3.05) is 7.11 Å². The monoisotopic (exact) mass is 434 g/mol. The van der Waals surface area contributed by atoms with E-state index in [9.17, 15) is 13.0 Å². The summed E-state index contributed by atoms with van der Waals surface area (Å²) in [6, 6.07) is 14.2. The molecule has 26 heavy (non-hydrogen) atoms. The van der Waals surface area contributed by atoms with E-state index in [0.717, 1.165) is 19.8 Å². The van der Waals surface area contributed by atoms with E-state index in [0.29, 0.717) is 17.7 Å². The Balaban J connectivity index is 0.00000243. The molecule has 0 aliphatic carbocycles. The molecule has 0 spiro atoms. The average Bonchev–Trinajstić information content (AvgIpc) is 2.95. The topological polar surface area (TPSA) is 63.6 Å². The fourth-order valence-corrected chi connectivity index (χ4v) is 5.93. The molecule has 1 aromatic heterocycles.